The standard InChI is InChI=1S/C47H36N6O4S/c1-52(2)58(56,57)29-34-28-33(18-27-43(34)53(54)55)47-41-25-23-39(50-41)45(31-14-8-4-9-15-31)37-21-19-35(48-37)44(30-12-6-3-7-13-30)36-20-22-38(49-36)46(32-16-10-5-11-17-32)40-24-26-42(47)51-40/h3-28,48,51H,29H2,1-2H3. The number of sulfonamides is 1. The maximum Gasteiger partial charge on any atom is 0.273 e. The lowest BCUT2D eigenvalue weighted by Crippen LogP contribution is -2.24. The smallest absolute Gasteiger partial charge is 0.273 e. The van der Waals surface area contributed by atoms with E-state index in [1.165, 1.54) is 20.2 Å². The number of H-pyrrole nitrogens is 2. The Balaban J connectivity index is 1.44. The van der Waals surface area contributed by atoms with Crippen molar-refractivity contribution < 1.29 is 13.3 Å². The summed E-state index contributed by atoms with van der Waals surface area (Å²) < 4.78 is 27.3. The third-order valence-corrected chi connectivity index (χ3v) is 12.2. The Morgan fingerprint density at radius 2 is 0.897 bits per heavy atom. The molecule has 58 heavy (non-hydrogen) atoms. The molecule has 9 rings (SSSR count). The molecule has 7 aromatic rings. The van der Waals surface area contributed by atoms with Crippen molar-refractivity contribution in [2.45, 2.75) is 5.75 Å². The molecule has 0 spiro atoms. The molecule has 4 aromatic carbocycles. The van der Waals surface area contributed by atoms with Crippen molar-refractivity contribution in [3.05, 3.63) is 172 Å². The van der Waals surface area contributed by atoms with Gasteiger partial charge in [-0.25, -0.2) is 22.7 Å². The quantitative estimate of drug-likeness (QED) is 0.116. The monoisotopic (exact) mass is 780 g/mol. The molecule has 3 aromatic heterocycles. The lowest BCUT2D eigenvalue weighted by Gasteiger charge is -2.13. The summed E-state index contributed by atoms with van der Waals surface area (Å²) >= 11 is 0. The molecule has 0 atom stereocenters. The number of fused-ring (bicyclic) bond motifs is 8. The van der Waals surface area contributed by atoms with Crippen LogP contribution < -0.4 is 0 Å². The molecule has 0 unspecified atom stereocenters. The first-order valence-electron chi connectivity index (χ1n) is 18.6. The molecule has 11 heteroatoms. The fraction of sp³-hybridized carbons (Fsp3) is 0.0638. The van der Waals surface area contributed by atoms with Gasteiger partial charge in [-0.15, -0.1) is 0 Å². The van der Waals surface area contributed by atoms with Gasteiger partial charge in [0.05, 0.1) is 33.5 Å². The summed E-state index contributed by atoms with van der Waals surface area (Å²) in [6, 6.07) is 43.0. The van der Waals surface area contributed by atoms with Crippen molar-refractivity contribution in [2.24, 2.45) is 0 Å². The highest BCUT2D eigenvalue weighted by atomic mass is 32.2. The van der Waals surface area contributed by atoms with Crippen LogP contribution in [0.15, 0.2) is 133 Å². The molecule has 0 saturated heterocycles. The predicted molar refractivity (Wildman–Crippen MR) is 234 cm³/mol. The number of hydrogen-bond acceptors (Lipinski definition) is 6. The van der Waals surface area contributed by atoms with E-state index in [9.17, 15) is 18.5 Å². The first kappa shape index (κ1) is 36.4. The summed E-state index contributed by atoms with van der Waals surface area (Å²) in [6.07, 6.45) is 7.99. The van der Waals surface area contributed by atoms with E-state index < -0.39 is 20.7 Å². The van der Waals surface area contributed by atoms with Crippen molar-refractivity contribution >= 4 is 62.1 Å². The zero-order valence-corrected chi connectivity index (χ0v) is 32.4. The minimum Gasteiger partial charge on any atom is -0.354 e. The maximum absolute atomic E-state index is 13.1. The van der Waals surface area contributed by atoms with Gasteiger partial charge in [0, 0.05) is 70.0 Å². The summed E-state index contributed by atoms with van der Waals surface area (Å²) in [5, 5.41) is 12.2. The van der Waals surface area contributed by atoms with E-state index in [1.54, 1.807) is 12.1 Å². The topological polar surface area (TPSA) is 138 Å². The number of nitro groups is 1. The molecule has 0 radical (unpaired) electrons. The predicted octanol–water partition coefficient (Wildman–Crippen LogP) is 10.6. The minimum atomic E-state index is -3.85. The summed E-state index contributed by atoms with van der Waals surface area (Å²) in [7, 11) is -1.02. The second-order valence-corrected chi connectivity index (χ2v) is 16.4. The summed E-state index contributed by atoms with van der Waals surface area (Å²) in [4.78, 5) is 29.7. The Bertz CT molecular complexity index is 3060. The molecular weight excluding hydrogens is 745 g/mol. The number of nitrogens with one attached hydrogen (secondary N) is 2. The highest BCUT2D eigenvalue weighted by molar-refractivity contribution is 7.88. The molecule has 0 fully saturated rings. The molecule has 5 heterocycles. The van der Waals surface area contributed by atoms with Crippen LogP contribution in [-0.4, -0.2) is 51.7 Å². The molecule has 2 aliphatic rings. The van der Waals surface area contributed by atoms with Crippen LogP contribution in [0.25, 0.3) is 90.9 Å². The van der Waals surface area contributed by atoms with Gasteiger partial charge in [0.25, 0.3) is 5.69 Å². The Labute approximate surface area is 334 Å². The Morgan fingerprint density at radius 3 is 1.24 bits per heavy atom. The van der Waals surface area contributed by atoms with E-state index in [4.69, 9.17) is 9.97 Å². The number of nitro benzene ring substituents is 1. The van der Waals surface area contributed by atoms with Crippen molar-refractivity contribution in [1.82, 2.24) is 24.2 Å². The van der Waals surface area contributed by atoms with Gasteiger partial charge in [-0.3, -0.25) is 10.1 Å². The zero-order chi connectivity index (χ0) is 40.0. The first-order chi connectivity index (χ1) is 28.1. The number of benzene rings is 4. The number of hydrogen-bond donors (Lipinski definition) is 2. The lowest BCUT2D eigenvalue weighted by atomic mass is 10.0. The van der Waals surface area contributed by atoms with Crippen LogP contribution in [0.3, 0.4) is 0 Å². The summed E-state index contributed by atoms with van der Waals surface area (Å²) in [5.41, 5.74) is 12.7. The normalized spacial score (nSPS) is 12.3. The van der Waals surface area contributed by atoms with Crippen molar-refractivity contribution in [2.75, 3.05) is 14.1 Å². The van der Waals surface area contributed by atoms with Crippen LogP contribution in [0, 0.1) is 10.1 Å². The third-order valence-electron chi connectivity index (χ3n) is 10.4. The molecule has 10 nitrogen and oxygen atoms in total. The van der Waals surface area contributed by atoms with Crippen LogP contribution in [0.5, 0.6) is 0 Å². The van der Waals surface area contributed by atoms with Crippen LogP contribution in [0.4, 0.5) is 5.69 Å². The fourth-order valence-corrected chi connectivity index (χ4v) is 8.48. The molecule has 0 aliphatic carbocycles. The number of rotatable bonds is 8. The first-order valence-corrected chi connectivity index (χ1v) is 20.3. The Morgan fingerprint density at radius 1 is 0.534 bits per heavy atom. The minimum absolute atomic E-state index is 0.0698. The Hall–Kier alpha value is -7.21. The van der Waals surface area contributed by atoms with Gasteiger partial charge < -0.3 is 9.97 Å². The van der Waals surface area contributed by atoms with E-state index in [0.29, 0.717) is 28.0 Å². The van der Waals surface area contributed by atoms with Crippen LogP contribution in [-0.2, 0) is 15.8 Å². The average molecular weight is 781 g/mol. The van der Waals surface area contributed by atoms with Crippen LogP contribution in [0.1, 0.15) is 28.3 Å². The van der Waals surface area contributed by atoms with E-state index in [0.717, 1.165) is 65.6 Å². The van der Waals surface area contributed by atoms with Crippen molar-refractivity contribution in [1.29, 1.82) is 0 Å². The highest BCUT2D eigenvalue weighted by Crippen LogP contribution is 2.39. The second kappa shape index (κ2) is 14.7. The van der Waals surface area contributed by atoms with E-state index in [1.807, 2.05) is 115 Å². The molecule has 0 amide bonds. The van der Waals surface area contributed by atoms with Crippen LogP contribution >= 0.6 is 0 Å². The zero-order valence-electron chi connectivity index (χ0n) is 31.5. The molecule has 284 valence electrons. The van der Waals surface area contributed by atoms with Gasteiger partial charge >= 0.3 is 0 Å². The highest BCUT2D eigenvalue weighted by Gasteiger charge is 2.25. The van der Waals surface area contributed by atoms with E-state index in [2.05, 4.69) is 34.2 Å². The maximum atomic E-state index is 13.1. The second-order valence-electron chi connectivity index (χ2n) is 14.2. The van der Waals surface area contributed by atoms with Gasteiger partial charge in [-0.2, -0.15) is 0 Å². The number of nitrogens with zero attached hydrogens (tertiary/aromatic N) is 4. The van der Waals surface area contributed by atoms with E-state index in [-0.39, 0.29) is 11.3 Å². The van der Waals surface area contributed by atoms with E-state index >= 15 is 0 Å². The van der Waals surface area contributed by atoms with Gasteiger partial charge in [0.2, 0.25) is 10.0 Å². The third kappa shape index (κ3) is 6.72. The SMILES string of the molecule is CN(C)S(=O)(=O)Cc1cc(-c2c3nc(c(-c4ccccc4)c4ccc([nH]4)c(-c4ccccc4)c4nc(c(-c5ccccc5)c5ccc2[nH]5)C=C4)C=C3)ccc1[N+](=O)[O-]. The molecular formula is C47H36N6O4S. The lowest BCUT2D eigenvalue weighted by molar-refractivity contribution is -0.385. The van der Waals surface area contributed by atoms with Gasteiger partial charge in [0.15, 0.2) is 0 Å². The van der Waals surface area contributed by atoms with Gasteiger partial charge in [-0.1, -0.05) is 91.0 Å². The van der Waals surface area contributed by atoms with Crippen LogP contribution in [0.2, 0.25) is 0 Å². The van der Waals surface area contributed by atoms with Gasteiger partial charge in [0.1, 0.15) is 0 Å². The molecule has 2 N–H and O–H groups in total. The average Bonchev–Trinajstić information content (AvgIpc) is 4.07. The molecule has 0 saturated carbocycles. The summed E-state index contributed by atoms with van der Waals surface area (Å²) in [6.45, 7) is 0. The van der Waals surface area contributed by atoms with Gasteiger partial charge in [-0.05, 0) is 83.0 Å². The molecule has 2 aliphatic heterocycles. The number of aromatic amines is 2. The number of aromatic nitrogens is 4. The summed E-state index contributed by atoms with van der Waals surface area (Å²) in [5.74, 6) is -0.549. The molecule has 8 bridgehead atoms. The Kier molecular flexibility index (Phi) is 9.23. The van der Waals surface area contributed by atoms with Crippen molar-refractivity contribution in [3.63, 3.8) is 0 Å². The fourth-order valence-electron chi connectivity index (χ4n) is 7.60. The van der Waals surface area contributed by atoms with Crippen molar-refractivity contribution in [3.8, 4) is 44.5 Å². The largest absolute Gasteiger partial charge is 0.354 e.